The molecule has 1 aliphatic rings. The number of hydrogen-bond acceptors (Lipinski definition) is 3. The van der Waals surface area contributed by atoms with Gasteiger partial charge in [0.05, 0.1) is 6.61 Å². The number of ether oxygens (including phenoxy) is 2. The van der Waals surface area contributed by atoms with E-state index in [1.54, 1.807) is 0 Å². The van der Waals surface area contributed by atoms with E-state index in [-0.39, 0.29) is 5.60 Å². The molecule has 0 saturated carbocycles. The first-order valence-electron chi connectivity index (χ1n) is 7.75. The largest absolute Gasteiger partial charge is 0.494 e. The molecule has 112 valence electrons. The van der Waals surface area contributed by atoms with Crippen molar-refractivity contribution in [2.75, 3.05) is 13.7 Å². The smallest absolute Gasteiger partial charge is 0.125 e. The monoisotopic (exact) mass is 277 g/mol. The first kappa shape index (κ1) is 15.2. The molecule has 20 heavy (non-hydrogen) atoms. The Morgan fingerprint density at radius 2 is 2.20 bits per heavy atom. The number of unbranched alkanes of at least 4 members (excludes halogenated alkanes) is 1. The number of rotatable bonds is 6. The molecular weight excluding hydrogens is 250 g/mol. The minimum atomic E-state index is -0.0781. The van der Waals surface area contributed by atoms with Crippen LogP contribution < -0.4 is 14.8 Å². The van der Waals surface area contributed by atoms with E-state index in [1.807, 2.05) is 19.2 Å². The standard InChI is InChI=1S/C17H27NO2/c1-5-7-10-19-13-8-9-16-14(11-13)15(18-4)12-17(3,6-2)20-16/h8-9,11,15,18H,5-7,10,12H2,1-4H3. The van der Waals surface area contributed by atoms with Gasteiger partial charge in [-0.3, -0.25) is 0 Å². The number of benzene rings is 1. The number of hydrogen-bond donors (Lipinski definition) is 1. The molecule has 1 aromatic rings. The molecule has 0 bridgehead atoms. The fourth-order valence-corrected chi connectivity index (χ4v) is 2.64. The lowest BCUT2D eigenvalue weighted by Gasteiger charge is -2.39. The van der Waals surface area contributed by atoms with Crippen LogP contribution in [0.25, 0.3) is 0 Å². The lowest BCUT2D eigenvalue weighted by Crippen LogP contribution is -2.40. The van der Waals surface area contributed by atoms with Gasteiger partial charge in [0.25, 0.3) is 0 Å². The Labute approximate surface area is 122 Å². The SMILES string of the molecule is CCCCOc1ccc2c(c1)C(NC)CC(C)(CC)O2. The van der Waals surface area contributed by atoms with Crippen LogP contribution in [0.5, 0.6) is 11.5 Å². The molecule has 2 unspecified atom stereocenters. The highest BCUT2D eigenvalue weighted by Gasteiger charge is 2.35. The molecular formula is C17H27NO2. The molecule has 1 aliphatic heterocycles. The lowest BCUT2D eigenvalue weighted by molar-refractivity contribution is 0.0453. The third-order valence-corrected chi connectivity index (χ3v) is 4.21. The molecule has 2 atom stereocenters. The van der Waals surface area contributed by atoms with Crippen molar-refractivity contribution < 1.29 is 9.47 Å². The Balaban J connectivity index is 2.20. The Morgan fingerprint density at radius 3 is 2.85 bits per heavy atom. The summed E-state index contributed by atoms with van der Waals surface area (Å²) < 4.78 is 12.0. The molecule has 1 N–H and O–H groups in total. The van der Waals surface area contributed by atoms with Gasteiger partial charge in [-0.1, -0.05) is 20.3 Å². The normalized spacial score (nSPS) is 24.9. The van der Waals surface area contributed by atoms with Crippen molar-refractivity contribution >= 4 is 0 Å². The van der Waals surface area contributed by atoms with Gasteiger partial charge in [0.1, 0.15) is 17.1 Å². The zero-order valence-electron chi connectivity index (χ0n) is 13.2. The van der Waals surface area contributed by atoms with Crippen molar-refractivity contribution in [3.05, 3.63) is 23.8 Å². The summed E-state index contributed by atoms with van der Waals surface area (Å²) in [5, 5.41) is 3.41. The fraction of sp³-hybridized carbons (Fsp3) is 0.647. The van der Waals surface area contributed by atoms with Crippen LogP contribution >= 0.6 is 0 Å². The number of nitrogens with one attached hydrogen (secondary N) is 1. The summed E-state index contributed by atoms with van der Waals surface area (Å²) in [6.07, 6.45) is 4.25. The van der Waals surface area contributed by atoms with E-state index in [1.165, 1.54) is 5.56 Å². The average molecular weight is 277 g/mol. The van der Waals surface area contributed by atoms with Crippen molar-refractivity contribution in [1.82, 2.24) is 5.32 Å². The maximum atomic E-state index is 6.19. The predicted octanol–water partition coefficient (Wildman–Crippen LogP) is 4.08. The van der Waals surface area contributed by atoms with Gasteiger partial charge in [0.2, 0.25) is 0 Å². The molecule has 1 heterocycles. The molecule has 0 aromatic heterocycles. The predicted molar refractivity (Wildman–Crippen MR) is 82.6 cm³/mol. The second-order valence-electron chi connectivity index (χ2n) is 5.85. The van der Waals surface area contributed by atoms with Crippen LogP contribution in [0.2, 0.25) is 0 Å². The van der Waals surface area contributed by atoms with E-state index >= 15 is 0 Å². The summed E-state index contributed by atoms with van der Waals surface area (Å²) in [4.78, 5) is 0. The molecule has 0 fully saturated rings. The summed E-state index contributed by atoms with van der Waals surface area (Å²) >= 11 is 0. The van der Waals surface area contributed by atoms with Crippen LogP contribution in [0.1, 0.15) is 58.1 Å². The molecule has 3 heteroatoms. The van der Waals surface area contributed by atoms with Crippen LogP contribution in [0.3, 0.4) is 0 Å². The van der Waals surface area contributed by atoms with Crippen LogP contribution in [-0.4, -0.2) is 19.3 Å². The van der Waals surface area contributed by atoms with Gasteiger partial charge < -0.3 is 14.8 Å². The molecule has 0 aliphatic carbocycles. The van der Waals surface area contributed by atoms with Gasteiger partial charge >= 0.3 is 0 Å². The van der Waals surface area contributed by atoms with Crippen molar-refractivity contribution in [1.29, 1.82) is 0 Å². The first-order chi connectivity index (χ1) is 9.61. The Morgan fingerprint density at radius 1 is 1.40 bits per heavy atom. The van der Waals surface area contributed by atoms with Crippen LogP contribution in [-0.2, 0) is 0 Å². The van der Waals surface area contributed by atoms with Gasteiger partial charge in [0.15, 0.2) is 0 Å². The first-order valence-corrected chi connectivity index (χ1v) is 7.75. The summed E-state index contributed by atoms with van der Waals surface area (Å²) in [6, 6.07) is 6.52. The van der Waals surface area contributed by atoms with Crippen LogP contribution in [0.15, 0.2) is 18.2 Å². The molecule has 1 aromatic carbocycles. The quantitative estimate of drug-likeness (QED) is 0.795. The van der Waals surface area contributed by atoms with Gasteiger partial charge in [-0.2, -0.15) is 0 Å². The topological polar surface area (TPSA) is 30.5 Å². The summed E-state index contributed by atoms with van der Waals surface area (Å²) in [6.45, 7) is 7.32. The van der Waals surface area contributed by atoms with E-state index in [4.69, 9.17) is 9.47 Å². The highest BCUT2D eigenvalue weighted by Crippen LogP contribution is 2.42. The minimum absolute atomic E-state index is 0.0781. The zero-order valence-corrected chi connectivity index (χ0v) is 13.2. The molecule has 0 radical (unpaired) electrons. The van der Waals surface area contributed by atoms with Crippen molar-refractivity contribution in [3.8, 4) is 11.5 Å². The maximum Gasteiger partial charge on any atom is 0.125 e. The summed E-state index contributed by atoms with van der Waals surface area (Å²) in [5.74, 6) is 1.93. The van der Waals surface area contributed by atoms with Crippen molar-refractivity contribution in [3.63, 3.8) is 0 Å². The van der Waals surface area contributed by atoms with Crippen molar-refractivity contribution in [2.24, 2.45) is 0 Å². The molecule has 0 spiro atoms. The van der Waals surface area contributed by atoms with E-state index in [9.17, 15) is 0 Å². The zero-order chi connectivity index (χ0) is 14.6. The Hall–Kier alpha value is -1.22. The van der Waals surface area contributed by atoms with Gasteiger partial charge in [0, 0.05) is 18.0 Å². The van der Waals surface area contributed by atoms with Gasteiger partial charge in [-0.15, -0.1) is 0 Å². The van der Waals surface area contributed by atoms with E-state index in [0.29, 0.717) is 6.04 Å². The summed E-state index contributed by atoms with van der Waals surface area (Å²) in [7, 11) is 2.01. The highest BCUT2D eigenvalue weighted by molar-refractivity contribution is 5.44. The second kappa shape index (κ2) is 6.49. The lowest BCUT2D eigenvalue weighted by atomic mass is 9.87. The van der Waals surface area contributed by atoms with E-state index in [2.05, 4.69) is 32.2 Å². The molecule has 3 nitrogen and oxygen atoms in total. The minimum Gasteiger partial charge on any atom is -0.494 e. The molecule has 0 amide bonds. The summed E-state index contributed by atoms with van der Waals surface area (Å²) in [5.41, 5.74) is 1.14. The second-order valence-corrected chi connectivity index (χ2v) is 5.85. The molecule has 2 rings (SSSR count). The molecule has 0 saturated heterocycles. The average Bonchev–Trinajstić information content (AvgIpc) is 2.47. The fourth-order valence-electron chi connectivity index (χ4n) is 2.64. The van der Waals surface area contributed by atoms with Crippen molar-refractivity contribution in [2.45, 2.75) is 58.1 Å². The Bertz CT molecular complexity index is 447. The van der Waals surface area contributed by atoms with Gasteiger partial charge in [-0.05, 0) is 45.0 Å². The maximum absolute atomic E-state index is 6.19. The Kier molecular flexibility index (Phi) is 4.92. The third kappa shape index (κ3) is 3.26. The van der Waals surface area contributed by atoms with Crippen LogP contribution in [0.4, 0.5) is 0 Å². The third-order valence-electron chi connectivity index (χ3n) is 4.21. The van der Waals surface area contributed by atoms with Gasteiger partial charge in [-0.25, -0.2) is 0 Å². The highest BCUT2D eigenvalue weighted by atomic mass is 16.5. The number of fused-ring (bicyclic) bond motifs is 1. The van der Waals surface area contributed by atoms with Crippen LogP contribution in [0, 0.1) is 0 Å². The van der Waals surface area contributed by atoms with E-state index < -0.39 is 0 Å². The van der Waals surface area contributed by atoms with E-state index in [0.717, 1.165) is 43.8 Å².